The van der Waals surface area contributed by atoms with Crippen molar-refractivity contribution in [3.63, 3.8) is 0 Å². The van der Waals surface area contributed by atoms with Gasteiger partial charge in [-0.15, -0.1) is 0 Å². The maximum absolute atomic E-state index is 5.40. The molecule has 0 unspecified atom stereocenters. The summed E-state index contributed by atoms with van der Waals surface area (Å²) in [7, 11) is 0. The van der Waals surface area contributed by atoms with Crippen LogP contribution in [0.4, 0.5) is 0 Å². The van der Waals surface area contributed by atoms with Crippen LogP contribution in [0.25, 0.3) is 0 Å². The van der Waals surface area contributed by atoms with Crippen molar-refractivity contribution in [2.75, 3.05) is 6.54 Å². The summed E-state index contributed by atoms with van der Waals surface area (Å²) >= 11 is 0. The molecule has 0 fully saturated rings. The van der Waals surface area contributed by atoms with Crippen molar-refractivity contribution in [2.45, 2.75) is 0 Å². The van der Waals surface area contributed by atoms with Crippen LogP contribution in [0.3, 0.4) is 0 Å². The first kappa shape index (κ1) is 5.09. The average Bonchev–Trinajstić information content (AvgIpc) is 1.94. The van der Waals surface area contributed by atoms with Crippen LogP contribution in [0.1, 0.15) is 0 Å². The summed E-state index contributed by atoms with van der Waals surface area (Å²) in [5.74, 6) is 0. The SMILES string of the molecule is NC1=CC=CCN=C1. The minimum absolute atomic E-state index is 0.721. The summed E-state index contributed by atoms with van der Waals surface area (Å²) in [5, 5.41) is 0. The lowest BCUT2D eigenvalue weighted by Crippen LogP contribution is -1.95. The maximum atomic E-state index is 5.40. The van der Waals surface area contributed by atoms with Gasteiger partial charge >= 0.3 is 0 Å². The van der Waals surface area contributed by atoms with Crippen molar-refractivity contribution >= 4 is 6.21 Å². The van der Waals surface area contributed by atoms with Gasteiger partial charge in [0, 0.05) is 11.9 Å². The molecule has 1 rings (SSSR count). The molecule has 0 atom stereocenters. The summed E-state index contributed by atoms with van der Waals surface area (Å²) in [6, 6.07) is 0. The Morgan fingerprint density at radius 2 is 2.50 bits per heavy atom. The van der Waals surface area contributed by atoms with Crippen LogP contribution in [0.15, 0.2) is 28.9 Å². The van der Waals surface area contributed by atoms with Gasteiger partial charge in [-0.3, -0.25) is 4.99 Å². The fraction of sp³-hybridized carbons (Fsp3) is 0.167. The zero-order valence-electron chi connectivity index (χ0n) is 4.54. The number of nitrogens with zero attached hydrogens (tertiary/aromatic N) is 1. The minimum atomic E-state index is 0.721. The second-order valence-electron chi connectivity index (χ2n) is 1.59. The van der Waals surface area contributed by atoms with E-state index in [0.29, 0.717) is 0 Å². The van der Waals surface area contributed by atoms with Crippen LogP contribution in [0, 0.1) is 0 Å². The van der Waals surface area contributed by atoms with Crippen molar-refractivity contribution in [2.24, 2.45) is 10.7 Å². The smallest absolute Gasteiger partial charge is 0.0574 e. The second kappa shape index (κ2) is 2.31. The molecule has 1 aliphatic heterocycles. The molecule has 0 aliphatic carbocycles. The maximum Gasteiger partial charge on any atom is 0.0574 e. The molecule has 0 aromatic rings. The number of hydrogen-bond acceptors (Lipinski definition) is 2. The molecule has 2 nitrogen and oxygen atoms in total. The van der Waals surface area contributed by atoms with Crippen LogP contribution in [0.5, 0.6) is 0 Å². The van der Waals surface area contributed by atoms with Crippen molar-refractivity contribution in [1.29, 1.82) is 0 Å². The van der Waals surface area contributed by atoms with Gasteiger partial charge in [-0.2, -0.15) is 0 Å². The molecule has 0 bridgehead atoms. The van der Waals surface area contributed by atoms with Gasteiger partial charge in [-0.1, -0.05) is 12.2 Å². The van der Waals surface area contributed by atoms with Gasteiger partial charge in [-0.05, 0) is 6.08 Å². The van der Waals surface area contributed by atoms with Gasteiger partial charge in [0.25, 0.3) is 0 Å². The van der Waals surface area contributed by atoms with Crippen molar-refractivity contribution in [1.82, 2.24) is 0 Å². The highest BCUT2D eigenvalue weighted by molar-refractivity contribution is 5.78. The molecule has 0 amide bonds. The Labute approximate surface area is 48.4 Å². The topological polar surface area (TPSA) is 38.4 Å². The lowest BCUT2D eigenvalue weighted by molar-refractivity contribution is 1.26. The lowest BCUT2D eigenvalue weighted by Gasteiger charge is -1.81. The predicted octanol–water partition coefficient (Wildman–Crippen LogP) is 0.470. The molecule has 2 heteroatoms. The van der Waals surface area contributed by atoms with E-state index in [0.717, 1.165) is 12.2 Å². The Hall–Kier alpha value is -1.05. The van der Waals surface area contributed by atoms with Gasteiger partial charge in [0.15, 0.2) is 0 Å². The van der Waals surface area contributed by atoms with Gasteiger partial charge in [0.1, 0.15) is 0 Å². The number of hydrogen-bond donors (Lipinski definition) is 1. The van der Waals surface area contributed by atoms with E-state index in [4.69, 9.17) is 5.73 Å². The van der Waals surface area contributed by atoms with Crippen molar-refractivity contribution in [3.05, 3.63) is 23.9 Å². The van der Waals surface area contributed by atoms with Gasteiger partial charge in [0.05, 0.1) is 6.54 Å². The van der Waals surface area contributed by atoms with Gasteiger partial charge in [0.2, 0.25) is 0 Å². The van der Waals surface area contributed by atoms with E-state index in [1.54, 1.807) is 6.21 Å². The van der Waals surface area contributed by atoms with Crippen LogP contribution in [-0.4, -0.2) is 12.8 Å². The molecule has 1 heterocycles. The Morgan fingerprint density at radius 1 is 1.62 bits per heavy atom. The van der Waals surface area contributed by atoms with Gasteiger partial charge < -0.3 is 5.73 Å². The third-order valence-corrected chi connectivity index (χ3v) is 0.876. The third kappa shape index (κ3) is 1.22. The quantitative estimate of drug-likeness (QED) is 0.481. The number of rotatable bonds is 0. The first-order valence-corrected chi connectivity index (χ1v) is 2.52. The Bertz CT molecular complexity index is 154. The summed E-state index contributed by atoms with van der Waals surface area (Å²) in [4.78, 5) is 3.95. The van der Waals surface area contributed by atoms with E-state index in [2.05, 4.69) is 4.99 Å². The molecule has 0 aromatic heterocycles. The van der Waals surface area contributed by atoms with Gasteiger partial charge in [-0.25, -0.2) is 0 Å². The minimum Gasteiger partial charge on any atom is -0.397 e. The first-order chi connectivity index (χ1) is 3.89. The molecule has 1 aliphatic rings. The second-order valence-corrected chi connectivity index (χ2v) is 1.59. The largest absolute Gasteiger partial charge is 0.397 e. The lowest BCUT2D eigenvalue weighted by atomic mass is 10.4. The Morgan fingerprint density at radius 3 is 3.38 bits per heavy atom. The molecule has 0 saturated carbocycles. The molecule has 42 valence electrons. The van der Waals surface area contributed by atoms with Crippen LogP contribution in [0.2, 0.25) is 0 Å². The molecule has 0 spiro atoms. The fourth-order valence-electron chi connectivity index (χ4n) is 0.502. The highest BCUT2D eigenvalue weighted by Crippen LogP contribution is 1.87. The molecule has 0 aromatic carbocycles. The summed E-state index contributed by atoms with van der Waals surface area (Å²) in [5.41, 5.74) is 6.12. The highest BCUT2D eigenvalue weighted by Gasteiger charge is 1.81. The molecule has 0 saturated heterocycles. The number of nitrogens with two attached hydrogens (primary N) is 1. The van der Waals surface area contributed by atoms with Crippen LogP contribution in [-0.2, 0) is 0 Å². The van der Waals surface area contributed by atoms with Crippen molar-refractivity contribution < 1.29 is 0 Å². The summed E-state index contributed by atoms with van der Waals surface area (Å²) < 4.78 is 0. The van der Waals surface area contributed by atoms with E-state index in [-0.39, 0.29) is 0 Å². The zero-order valence-corrected chi connectivity index (χ0v) is 4.54. The van der Waals surface area contributed by atoms with E-state index >= 15 is 0 Å². The normalized spacial score (nSPS) is 17.8. The first-order valence-electron chi connectivity index (χ1n) is 2.52. The van der Waals surface area contributed by atoms with Crippen LogP contribution < -0.4 is 5.73 Å². The Balaban J connectivity index is 2.73. The standard InChI is InChI=1S/C6H8N2/c7-6-3-1-2-4-8-5-6/h1-3,5H,4,7H2. The zero-order chi connectivity index (χ0) is 5.82. The van der Waals surface area contributed by atoms with Crippen LogP contribution >= 0.6 is 0 Å². The molecule has 0 radical (unpaired) electrons. The Kier molecular flexibility index (Phi) is 1.47. The summed E-state index contributed by atoms with van der Waals surface area (Å²) in [6.45, 7) is 0.747. The van der Waals surface area contributed by atoms with E-state index < -0.39 is 0 Å². The predicted molar refractivity (Wildman–Crippen MR) is 34.8 cm³/mol. The fourth-order valence-corrected chi connectivity index (χ4v) is 0.502. The molecule has 2 N–H and O–H groups in total. The average molecular weight is 108 g/mol. The molecular weight excluding hydrogens is 100 g/mol. The third-order valence-electron chi connectivity index (χ3n) is 0.876. The number of aliphatic imine (C=N–C) groups is 1. The molecular formula is C6H8N2. The highest BCUT2D eigenvalue weighted by atomic mass is 14.7. The van der Waals surface area contributed by atoms with E-state index in [1.807, 2.05) is 18.2 Å². The summed E-state index contributed by atoms with van der Waals surface area (Å²) in [6.07, 6.45) is 7.36. The van der Waals surface area contributed by atoms with E-state index in [9.17, 15) is 0 Å². The molecule has 8 heavy (non-hydrogen) atoms. The van der Waals surface area contributed by atoms with E-state index in [1.165, 1.54) is 0 Å². The monoisotopic (exact) mass is 108 g/mol. The number of allylic oxidation sites excluding steroid dienone is 3. The van der Waals surface area contributed by atoms with Crippen molar-refractivity contribution in [3.8, 4) is 0 Å².